The molecule has 3 rings (SSSR count). The Balaban J connectivity index is 1.48. The molecule has 0 atom stereocenters. The molecule has 2 N–H and O–H groups in total. The van der Waals surface area contributed by atoms with Gasteiger partial charge in [0.2, 0.25) is 5.89 Å². The Labute approximate surface area is 151 Å². The lowest BCUT2D eigenvalue weighted by atomic mass is 10.2. The SMILES string of the molecule is CN=C(NCCc1coc(-c2ccc(F)cc2)n1)NCc1ccnn1C. The van der Waals surface area contributed by atoms with E-state index >= 15 is 0 Å². The Morgan fingerprint density at radius 3 is 2.73 bits per heavy atom. The fourth-order valence-electron chi connectivity index (χ4n) is 2.43. The topological polar surface area (TPSA) is 80.3 Å². The zero-order valence-electron chi connectivity index (χ0n) is 14.7. The quantitative estimate of drug-likeness (QED) is 0.522. The summed E-state index contributed by atoms with van der Waals surface area (Å²) in [5.41, 5.74) is 2.63. The first kappa shape index (κ1) is 17.7. The standard InChI is InChI=1S/C18H21FN6O/c1-20-18(22-11-16-8-10-23-25(16)2)21-9-7-15-12-26-17(24-15)13-3-5-14(19)6-4-13/h3-6,8,10,12H,7,9,11H2,1-2H3,(H2,20,21,22). The van der Waals surface area contributed by atoms with E-state index in [0.29, 0.717) is 31.4 Å². The average molecular weight is 356 g/mol. The van der Waals surface area contributed by atoms with Crippen LogP contribution in [0.3, 0.4) is 0 Å². The molecule has 8 heteroatoms. The number of nitrogens with one attached hydrogen (secondary N) is 2. The number of benzene rings is 1. The largest absolute Gasteiger partial charge is 0.444 e. The summed E-state index contributed by atoms with van der Waals surface area (Å²) in [6.45, 7) is 1.29. The highest BCUT2D eigenvalue weighted by atomic mass is 19.1. The van der Waals surface area contributed by atoms with E-state index in [9.17, 15) is 4.39 Å². The number of guanidine groups is 1. The summed E-state index contributed by atoms with van der Waals surface area (Å²) in [6, 6.07) is 8.02. The lowest BCUT2D eigenvalue weighted by molar-refractivity contribution is 0.571. The maximum atomic E-state index is 13.0. The molecule has 2 aromatic heterocycles. The molecule has 0 spiro atoms. The van der Waals surface area contributed by atoms with E-state index in [-0.39, 0.29) is 5.82 Å². The van der Waals surface area contributed by atoms with Crippen LogP contribution in [0.5, 0.6) is 0 Å². The summed E-state index contributed by atoms with van der Waals surface area (Å²) in [5, 5.41) is 10.6. The Hall–Kier alpha value is -3.16. The van der Waals surface area contributed by atoms with E-state index in [2.05, 4.69) is 25.7 Å². The number of aliphatic imine (C=N–C) groups is 1. The number of aromatic nitrogens is 3. The van der Waals surface area contributed by atoms with Crippen LogP contribution in [0.25, 0.3) is 11.5 Å². The molecule has 0 radical (unpaired) electrons. The minimum atomic E-state index is -0.283. The summed E-state index contributed by atoms with van der Waals surface area (Å²) < 4.78 is 20.3. The van der Waals surface area contributed by atoms with Gasteiger partial charge in [0.1, 0.15) is 12.1 Å². The molecule has 1 aromatic carbocycles. The summed E-state index contributed by atoms with van der Waals surface area (Å²) in [6.07, 6.45) is 4.06. The monoisotopic (exact) mass is 356 g/mol. The molecule has 0 amide bonds. The van der Waals surface area contributed by atoms with Crippen LogP contribution in [0, 0.1) is 5.82 Å². The third-order valence-electron chi connectivity index (χ3n) is 3.90. The molecule has 0 saturated heterocycles. The average Bonchev–Trinajstić information content (AvgIpc) is 3.28. The molecule has 0 aliphatic heterocycles. The molecule has 0 fully saturated rings. The molecule has 0 aliphatic carbocycles. The van der Waals surface area contributed by atoms with E-state index in [0.717, 1.165) is 17.0 Å². The van der Waals surface area contributed by atoms with Gasteiger partial charge >= 0.3 is 0 Å². The maximum Gasteiger partial charge on any atom is 0.226 e. The third kappa shape index (κ3) is 4.47. The van der Waals surface area contributed by atoms with Crippen molar-refractivity contribution in [2.45, 2.75) is 13.0 Å². The highest BCUT2D eigenvalue weighted by molar-refractivity contribution is 5.79. The van der Waals surface area contributed by atoms with Gasteiger partial charge < -0.3 is 15.1 Å². The normalized spacial score (nSPS) is 11.6. The predicted octanol–water partition coefficient (Wildman–Crippen LogP) is 2.12. The van der Waals surface area contributed by atoms with E-state index in [4.69, 9.17) is 4.42 Å². The van der Waals surface area contributed by atoms with Crippen molar-refractivity contribution in [1.29, 1.82) is 0 Å². The lowest BCUT2D eigenvalue weighted by Crippen LogP contribution is -2.38. The molecule has 0 aliphatic rings. The highest BCUT2D eigenvalue weighted by Crippen LogP contribution is 2.18. The van der Waals surface area contributed by atoms with Gasteiger partial charge in [0, 0.05) is 38.8 Å². The van der Waals surface area contributed by atoms with E-state index < -0.39 is 0 Å². The summed E-state index contributed by atoms with van der Waals surface area (Å²) >= 11 is 0. The number of rotatable bonds is 6. The Morgan fingerprint density at radius 1 is 1.23 bits per heavy atom. The van der Waals surface area contributed by atoms with Crippen LogP contribution in [0.4, 0.5) is 4.39 Å². The Bertz CT molecular complexity index is 868. The van der Waals surface area contributed by atoms with Crippen LogP contribution < -0.4 is 10.6 Å². The first-order valence-electron chi connectivity index (χ1n) is 8.27. The molecular weight excluding hydrogens is 335 g/mol. The van der Waals surface area contributed by atoms with Gasteiger partial charge in [-0.3, -0.25) is 9.67 Å². The Kier molecular flexibility index (Phi) is 5.62. The molecule has 26 heavy (non-hydrogen) atoms. The van der Waals surface area contributed by atoms with Gasteiger partial charge in [0.05, 0.1) is 17.9 Å². The maximum absolute atomic E-state index is 13.0. The summed E-state index contributed by atoms with van der Waals surface area (Å²) in [5.74, 6) is 0.905. The van der Waals surface area contributed by atoms with Gasteiger partial charge in [-0.1, -0.05) is 0 Å². The first-order valence-corrected chi connectivity index (χ1v) is 8.27. The van der Waals surface area contributed by atoms with Crippen molar-refractivity contribution in [1.82, 2.24) is 25.4 Å². The highest BCUT2D eigenvalue weighted by Gasteiger charge is 2.07. The van der Waals surface area contributed by atoms with Gasteiger partial charge in [-0.25, -0.2) is 9.37 Å². The van der Waals surface area contributed by atoms with E-state index in [1.165, 1.54) is 12.1 Å². The van der Waals surface area contributed by atoms with E-state index in [1.807, 2.05) is 17.8 Å². The van der Waals surface area contributed by atoms with Crippen LogP contribution >= 0.6 is 0 Å². The molecule has 3 aromatic rings. The molecule has 0 bridgehead atoms. The molecular formula is C18H21FN6O. The molecule has 2 heterocycles. The first-order chi connectivity index (χ1) is 12.7. The second-order valence-corrected chi connectivity index (χ2v) is 5.70. The molecule has 136 valence electrons. The summed E-state index contributed by atoms with van der Waals surface area (Å²) in [7, 11) is 3.62. The minimum Gasteiger partial charge on any atom is -0.444 e. The third-order valence-corrected chi connectivity index (χ3v) is 3.90. The zero-order valence-corrected chi connectivity index (χ0v) is 14.7. The van der Waals surface area contributed by atoms with Crippen LogP contribution in [-0.4, -0.2) is 34.3 Å². The smallest absolute Gasteiger partial charge is 0.226 e. The van der Waals surface area contributed by atoms with Crippen molar-refractivity contribution in [3.05, 3.63) is 60.0 Å². The molecule has 0 unspecified atom stereocenters. The fourth-order valence-corrected chi connectivity index (χ4v) is 2.43. The number of hydrogen-bond acceptors (Lipinski definition) is 4. The number of hydrogen-bond donors (Lipinski definition) is 2. The fraction of sp³-hybridized carbons (Fsp3) is 0.278. The predicted molar refractivity (Wildman–Crippen MR) is 97.0 cm³/mol. The van der Waals surface area contributed by atoms with E-state index in [1.54, 1.807) is 31.6 Å². The van der Waals surface area contributed by atoms with Crippen molar-refractivity contribution < 1.29 is 8.81 Å². The summed E-state index contributed by atoms with van der Waals surface area (Å²) in [4.78, 5) is 8.62. The second kappa shape index (κ2) is 8.28. The van der Waals surface area contributed by atoms with Crippen LogP contribution in [0.15, 0.2) is 52.2 Å². The van der Waals surface area contributed by atoms with Gasteiger partial charge in [0.15, 0.2) is 5.96 Å². The molecule has 7 nitrogen and oxygen atoms in total. The van der Waals surface area contributed by atoms with Gasteiger partial charge in [-0.2, -0.15) is 5.10 Å². The van der Waals surface area contributed by atoms with Crippen molar-refractivity contribution in [3.8, 4) is 11.5 Å². The number of halogens is 1. The van der Waals surface area contributed by atoms with Crippen LogP contribution in [0.2, 0.25) is 0 Å². The zero-order chi connectivity index (χ0) is 18.4. The lowest BCUT2D eigenvalue weighted by Gasteiger charge is -2.11. The number of aryl methyl sites for hydroxylation is 1. The van der Waals surface area contributed by atoms with Gasteiger partial charge in [0.25, 0.3) is 0 Å². The van der Waals surface area contributed by atoms with Crippen molar-refractivity contribution >= 4 is 5.96 Å². The Morgan fingerprint density at radius 2 is 2.04 bits per heavy atom. The van der Waals surface area contributed by atoms with Crippen LogP contribution in [0.1, 0.15) is 11.4 Å². The van der Waals surface area contributed by atoms with Crippen LogP contribution in [-0.2, 0) is 20.0 Å². The minimum absolute atomic E-state index is 0.283. The van der Waals surface area contributed by atoms with Crippen molar-refractivity contribution in [3.63, 3.8) is 0 Å². The molecule has 0 saturated carbocycles. The van der Waals surface area contributed by atoms with Gasteiger partial charge in [-0.15, -0.1) is 0 Å². The number of oxazole rings is 1. The number of nitrogens with zero attached hydrogens (tertiary/aromatic N) is 4. The van der Waals surface area contributed by atoms with Crippen molar-refractivity contribution in [2.75, 3.05) is 13.6 Å². The van der Waals surface area contributed by atoms with Crippen molar-refractivity contribution in [2.24, 2.45) is 12.0 Å². The second-order valence-electron chi connectivity index (χ2n) is 5.70. The van der Waals surface area contributed by atoms with Gasteiger partial charge in [-0.05, 0) is 30.3 Å².